The highest BCUT2D eigenvalue weighted by Crippen LogP contribution is 2.34. The summed E-state index contributed by atoms with van der Waals surface area (Å²) in [5.41, 5.74) is 1.54. The van der Waals surface area contributed by atoms with E-state index >= 15 is 0 Å². The fraction of sp³-hybridized carbons (Fsp3) is 0.400. The van der Waals surface area contributed by atoms with Gasteiger partial charge in [-0.15, -0.1) is 0 Å². The van der Waals surface area contributed by atoms with E-state index in [1.54, 1.807) is 17.1 Å². The van der Waals surface area contributed by atoms with Crippen molar-refractivity contribution >= 4 is 26.5 Å². The molecule has 2 heterocycles. The molecular weight excluding hydrogens is 374 g/mol. The molecule has 1 amide bonds. The molecular formula is C20H21N5O2S. The normalized spacial score (nSPS) is 19.1. The van der Waals surface area contributed by atoms with Crippen molar-refractivity contribution in [2.24, 2.45) is 16.2 Å². The minimum atomic E-state index is -2.77. The highest BCUT2D eigenvalue weighted by molar-refractivity contribution is 7.94. The highest BCUT2D eigenvalue weighted by atomic mass is 32.2. The van der Waals surface area contributed by atoms with E-state index in [9.17, 15) is 9.00 Å². The molecule has 0 bridgehead atoms. The van der Waals surface area contributed by atoms with E-state index in [1.807, 2.05) is 24.4 Å². The van der Waals surface area contributed by atoms with Gasteiger partial charge < -0.3 is 0 Å². The molecule has 2 aromatic heterocycles. The number of hydrogen-bond donors (Lipinski definition) is 0. The molecule has 0 saturated heterocycles. The minimum absolute atomic E-state index is 0.0215. The van der Waals surface area contributed by atoms with Crippen molar-refractivity contribution in [1.29, 1.82) is 0 Å². The van der Waals surface area contributed by atoms with E-state index in [0.717, 1.165) is 42.3 Å². The molecule has 0 radical (unpaired) electrons. The second kappa shape index (κ2) is 6.77. The van der Waals surface area contributed by atoms with Gasteiger partial charge in [-0.1, -0.05) is 6.42 Å². The largest absolute Gasteiger partial charge is 0.272 e. The molecule has 2 aliphatic rings. The van der Waals surface area contributed by atoms with Gasteiger partial charge in [0.15, 0.2) is 0 Å². The van der Waals surface area contributed by atoms with Crippen LogP contribution in [-0.2, 0) is 14.5 Å². The Labute approximate surface area is 163 Å². The Bertz CT molecular complexity index is 1160. The van der Waals surface area contributed by atoms with Crippen LogP contribution in [0.2, 0.25) is 0 Å². The van der Waals surface area contributed by atoms with Gasteiger partial charge in [-0.2, -0.15) is 9.46 Å². The molecule has 0 spiro atoms. The first kappa shape index (κ1) is 17.5. The van der Waals surface area contributed by atoms with E-state index in [4.69, 9.17) is 0 Å². The summed E-state index contributed by atoms with van der Waals surface area (Å²) in [6, 6.07) is 5.53. The van der Waals surface area contributed by atoms with Crippen LogP contribution in [0.25, 0.3) is 16.6 Å². The number of amides is 1. The summed E-state index contributed by atoms with van der Waals surface area (Å²) >= 11 is 0. The van der Waals surface area contributed by atoms with Crippen LogP contribution in [0.1, 0.15) is 32.1 Å². The Morgan fingerprint density at radius 2 is 1.96 bits per heavy atom. The summed E-state index contributed by atoms with van der Waals surface area (Å²) in [6.45, 7) is 0. The van der Waals surface area contributed by atoms with Crippen LogP contribution in [-0.4, -0.2) is 35.6 Å². The number of carbonyl (C=O) groups excluding carboxylic acids is 1. The maximum absolute atomic E-state index is 13.8. The lowest BCUT2D eigenvalue weighted by atomic mass is 9.87. The number of rotatable bonds is 5. The van der Waals surface area contributed by atoms with E-state index in [2.05, 4.69) is 19.4 Å². The van der Waals surface area contributed by atoms with Gasteiger partial charge >= 0.3 is 0 Å². The van der Waals surface area contributed by atoms with Gasteiger partial charge in [0.2, 0.25) is 0 Å². The molecule has 2 saturated carbocycles. The van der Waals surface area contributed by atoms with E-state index < -0.39 is 9.73 Å². The van der Waals surface area contributed by atoms with Crippen molar-refractivity contribution in [3.63, 3.8) is 0 Å². The molecule has 1 unspecified atom stereocenters. The summed E-state index contributed by atoms with van der Waals surface area (Å²) in [6.07, 6.45) is 11.7. The van der Waals surface area contributed by atoms with Crippen LogP contribution >= 0.6 is 0 Å². The van der Waals surface area contributed by atoms with E-state index in [-0.39, 0.29) is 11.8 Å². The average Bonchev–Trinajstić information content (AvgIpc) is 3.44. The Hall–Kier alpha value is -2.61. The minimum Gasteiger partial charge on any atom is -0.272 e. The Balaban J connectivity index is 1.56. The molecule has 144 valence electrons. The third kappa shape index (κ3) is 3.32. The lowest BCUT2D eigenvalue weighted by molar-refractivity contribution is -0.118. The highest BCUT2D eigenvalue weighted by Gasteiger charge is 2.32. The lowest BCUT2D eigenvalue weighted by Crippen LogP contribution is -2.23. The third-order valence-corrected chi connectivity index (χ3v) is 7.89. The number of fused-ring (bicyclic) bond motifs is 1. The van der Waals surface area contributed by atoms with Crippen LogP contribution in [0.3, 0.4) is 0 Å². The number of nitrogens with zero attached hydrogens (tertiary/aromatic N) is 5. The quantitative estimate of drug-likeness (QED) is 0.661. The molecule has 2 fully saturated rings. The lowest BCUT2D eigenvalue weighted by Gasteiger charge is -2.26. The SMILES string of the molecule is O=C(N=S(=O)(CC1CCC1)c1ccc2nn(-c3cncnc3)cc2c1)C1CC1. The average molecular weight is 395 g/mol. The van der Waals surface area contributed by atoms with Crippen LogP contribution in [0.15, 0.2) is 52.4 Å². The van der Waals surface area contributed by atoms with E-state index in [0.29, 0.717) is 16.6 Å². The first-order valence-electron chi connectivity index (χ1n) is 9.64. The van der Waals surface area contributed by atoms with Crippen molar-refractivity contribution in [3.05, 3.63) is 43.1 Å². The first-order chi connectivity index (χ1) is 13.6. The molecule has 1 aromatic carbocycles. The second-order valence-electron chi connectivity index (χ2n) is 7.70. The van der Waals surface area contributed by atoms with Crippen molar-refractivity contribution in [2.45, 2.75) is 37.0 Å². The maximum Gasteiger partial charge on any atom is 0.257 e. The fourth-order valence-corrected chi connectivity index (χ4v) is 5.84. The Morgan fingerprint density at radius 3 is 2.64 bits per heavy atom. The zero-order chi connectivity index (χ0) is 19.1. The first-order valence-corrected chi connectivity index (χ1v) is 11.3. The standard InChI is InChI=1S/C20H21N5O2S/c26-20(15-4-5-15)24-28(27,12-14-2-1-3-14)18-6-7-19-16(8-18)11-25(23-19)17-9-21-13-22-10-17/h6-11,13-15H,1-5,12H2. The zero-order valence-electron chi connectivity index (χ0n) is 15.4. The van der Waals surface area contributed by atoms with E-state index in [1.165, 1.54) is 12.7 Å². The predicted molar refractivity (Wildman–Crippen MR) is 105 cm³/mol. The number of benzene rings is 1. The number of hydrogen-bond acceptors (Lipinski definition) is 5. The summed E-state index contributed by atoms with van der Waals surface area (Å²) in [7, 11) is -2.77. The number of carbonyl (C=O) groups is 1. The molecule has 1 atom stereocenters. The zero-order valence-corrected chi connectivity index (χ0v) is 16.2. The molecule has 2 aliphatic carbocycles. The van der Waals surface area contributed by atoms with Gasteiger partial charge in [-0.25, -0.2) is 18.9 Å². The van der Waals surface area contributed by atoms with Gasteiger partial charge in [0.1, 0.15) is 12.0 Å². The summed E-state index contributed by atoms with van der Waals surface area (Å²) in [5.74, 6) is 0.647. The van der Waals surface area contributed by atoms with Crippen molar-refractivity contribution in [3.8, 4) is 5.69 Å². The van der Waals surface area contributed by atoms with Gasteiger partial charge in [0.05, 0.1) is 27.6 Å². The molecule has 0 aliphatic heterocycles. The predicted octanol–water partition coefficient (Wildman–Crippen LogP) is 3.38. The van der Waals surface area contributed by atoms with Crippen molar-refractivity contribution < 1.29 is 9.00 Å². The number of aromatic nitrogens is 4. The summed E-state index contributed by atoms with van der Waals surface area (Å²) < 4.78 is 19.8. The second-order valence-corrected chi connectivity index (χ2v) is 9.97. The Morgan fingerprint density at radius 1 is 1.18 bits per heavy atom. The van der Waals surface area contributed by atoms with Crippen molar-refractivity contribution in [1.82, 2.24) is 19.7 Å². The molecule has 3 aromatic rings. The molecule has 0 N–H and O–H groups in total. The van der Waals surface area contributed by atoms with Crippen LogP contribution in [0.5, 0.6) is 0 Å². The third-order valence-electron chi connectivity index (χ3n) is 5.51. The molecule has 8 heteroatoms. The summed E-state index contributed by atoms with van der Waals surface area (Å²) in [4.78, 5) is 21.0. The Kier molecular flexibility index (Phi) is 4.23. The monoisotopic (exact) mass is 395 g/mol. The topological polar surface area (TPSA) is 90.1 Å². The summed E-state index contributed by atoms with van der Waals surface area (Å²) in [5, 5.41) is 5.40. The molecule has 5 rings (SSSR count). The molecule has 28 heavy (non-hydrogen) atoms. The maximum atomic E-state index is 13.8. The van der Waals surface area contributed by atoms with Crippen LogP contribution in [0.4, 0.5) is 0 Å². The van der Waals surface area contributed by atoms with Crippen LogP contribution < -0.4 is 0 Å². The smallest absolute Gasteiger partial charge is 0.257 e. The van der Waals surface area contributed by atoms with Gasteiger partial charge in [-0.3, -0.25) is 4.79 Å². The van der Waals surface area contributed by atoms with Gasteiger partial charge in [0, 0.05) is 28.1 Å². The van der Waals surface area contributed by atoms with Gasteiger partial charge in [0.25, 0.3) is 5.91 Å². The van der Waals surface area contributed by atoms with Gasteiger partial charge in [-0.05, 0) is 49.8 Å². The fourth-order valence-electron chi connectivity index (χ4n) is 3.46. The van der Waals surface area contributed by atoms with Crippen molar-refractivity contribution in [2.75, 3.05) is 5.75 Å². The molecule has 7 nitrogen and oxygen atoms in total. The van der Waals surface area contributed by atoms with Crippen LogP contribution in [0, 0.1) is 11.8 Å².